The highest BCUT2D eigenvalue weighted by atomic mass is 16.8. The summed E-state index contributed by atoms with van der Waals surface area (Å²) in [6, 6.07) is 0. The molecule has 4 heteroatoms. The van der Waals surface area contributed by atoms with Gasteiger partial charge in [-0.05, 0) is 6.42 Å². The molecular formula is C10H17O4+. The summed E-state index contributed by atoms with van der Waals surface area (Å²) in [5.41, 5.74) is 0. The molecule has 0 aromatic rings. The molecule has 14 heavy (non-hydrogen) atoms. The normalized spacial score (nSPS) is 44.8. The summed E-state index contributed by atoms with van der Waals surface area (Å²) in [4.78, 5) is 0. The number of ether oxygens (including phenoxy) is 4. The second kappa shape index (κ2) is 3.17. The van der Waals surface area contributed by atoms with Crippen molar-refractivity contribution in [2.24, 2.45) is 5.92 Å². The minimum atomic E-state index is -0.519. The fourth-order valence-corrected chi connectivity index (χ4v) is 2.71. The minimum absolute atomic E-state index is 0.0509. The molecule has 0 radical (unpaired) electrons. The Kier molecular flexibility index (Phi) is 2.06. The van der Waals surface area contributed by atoms with Crippen LogP contribution < -0.4 is 0 Å². The molecule has 3 aliphatic heterocycles. The molecule has 0 bridgehead atoms. The minimum Gasteiger partial charge on any atom is -0.425 e. The monoisotopic (exact) mass is 201 g/mol. The van der Waals surface area contributed by atoms with E-state index < -0.39 is 5.79 Å². The highest BCUT2D eigenvalue weighted by Gasteiger charge is 2.64. The van der Waals surface area contributed by atoms with Crippen LogP contribution in [0.5, 0.6) is 0 Å². The van der Waals surface area contributed by atoms with Gasteiger partial charge in [0, 0.05) is 0 Å². The van der Waals surface area contributed by atoms with Crippen LogP contribution >= 0.6 is 0 Å². The molecule has 0 amide bonds. The van der Waals surface area contributed by atoms with Crippen molar-refractivity contribution in [2.75, 3.05) is 26.4 Å². The maximum absolute atomic E-state index is 5.77. The molecule has 80 valence electrons. The van der Waals surface area contributed by atoms with Gasteiger partial charge in [0.1, 0.15) is 0 Å². The fourth-order valence-electron chi connectivity index (χ4n) is 2.71. The lowest BCUT2D eigenvalue weighted by molar-refractivity contribution is -0.216. The van der Waals surface area contributed by atoms with E-state index in [2.05, 4.69) is 11.7 Å². The van der Waals surface area contributed by atoms with E-state index in [-0.39, 0.29) is 6.10 Å². The van der Waals surface area contributed by atoms with Gasteiger partial charge in [0.2, 0.25) is 6.61 Å². The van der Waals surface area contributed by atoms with Gasteiger partial charge in [-0.1, -0.05) is 6.92 Å². The Balaban J connectivity index is 1.80. The Morgan fingerprint density at radius 3 is 2.86 bits per heavy atom. The Labute approximate surface area is 83.5 Å². The third kappa shape index (κ3) is 1.08. The molecule has 3 saturated heterocycles. The first-order valence-electron chi connectivity index (χ1n) is 5.42. The van der Waals surface area contributed by atoms with Crippen molar-refractivity contribution in [2.45, 2.75) is 31.3 Å². The maximum Gasteiger partial charge on any atom is 0.274 e. The molecule has 3 fully saturated rings. The first kappa shape index (κ1) is 9.09. The van der Waals surface area contributed by atoms with Crippen LogP contribution in [0.3, 0.4) is 0 Å². The maximum atomic E-state index is 5.77. The largest absolute Gasteiger partial charge is 0.425 e. The van der Waals surface area contributed by atoms with E-state index in [0.29, 0.717) is 31.8 Å². The highest BCUT2D eigenvalue weighted by molar-refractivity contribution is 5.00. The summed E-state index contributed by atoms with van der Waals surface area (Å²) in [7, 11) is 0. The molecule has 0 aromatic carbocycles. The first-order chi connectivity index (χ1) is 6.86. The van der Waals surface area contributed by atoms with Crippen LogP contribution in [0.4, 0.5) is 0 Å². The van der Waals surface area contributed by atoms with Crippen molar-refractivity contribution < 1.29 is 18.9 Å². The lowest BCUT2D eigenvalue weighted by atomic mass is 9.97. The molecule has 3 atom stereocenters. The van der Waals surface area contributed by atoms with Crippen LogP contribution in [-0.4, -0.2) is 49.2 Å². The van der Waals surface area contributed by atoms with E-state index in [1.807, 2.05) is 0 Å². The van der Waals surface area contributed by atoms with Crippen molar-refractivity contribution >= 4 is 0 Å². The number of hydrogen-bond acceptors (Lipinski definition) is 3. The van der Waals surface area contributed by atoms with Gasteiger partial charge in [-0.3, -0.25) is 0 Å². The molecule has 3 unspecified atom stereocenters. The third-order valence-corrected chi connectivity index (χ3v) is 3.54. The molecule has 0 saturated carbocycles. The Morgan fingerprint density at radius 1 is 1.36 bits per heavy atom. The van der Waals surface area contributed by atoms with E-state index >= 15 is 0 Å². The van der Waals surface area contributed by atoms with Gasteiger partial charge in [-0.15, -0.1) is 0 Å². The van der Waals surface area contributed by atoms with Crippen LogP contribution in [-0.2, 0) is 14.2 Å². The Morgan fingerprint density at radius 2 is 2.14 bits per heavy atom. The van der Waals surface area contributed by atoms with Crippen LogP contribution in [0, 0.1) is 5.92 Å². The van der Waals surface area contributed by atoms with Gasteiger partial charge in [0.05, 0.1) is 25.7 Å². The predicted octanol–water partition coefficient (Wildman–Crippen LogP) is 0.0647. The van der Waals surface area contributed by atoms with Gasteiger partial charge in [-0.2, -0.15) is 0 Å². The SMILES string of the molecule is CCC1COC2C1[OH+]CC21OCCO1. The summed E-state index contributed by atoms with van der Waals surface area (Å²) in [6.07, 6.45) is 1.48. The van der Waals surface area contributed by atoms with E-state index in [1.54, 1.807) is 0 Å². The Bertz CT molecular complexity index is 224. The molecule has 1 spiro atoms. The summed E-state index contributed by atoms with van der Waals surface area (Å²) < 4.78 is 21.7. The number of rotatable bonds is 1. The summed E-state index contributed by atoms with van der Waals surface area (Å²) >= 11 is 0. The van der Waals surface area contributed by atoms with Crippen LogP contribution in [0.25, 0.3) is 0 Å². The van der Waals surface area contributed by atoms with E-state index in [0.717, 1.165) is 13.0 Å². The third-order valence-electron chi connectivity index (χ3n) is 3.54. The zero-order valence-electron chi connectivity index (χ0n) is 8.44. The fraction of sp³-hybridized carbons (Fsp3) is 1.00. The van der Waals surface area contributed by atoms with Gasteiger partial charge in [0.25, 0.3) is 5.79 Å². The number of aliphatic hydroxyl groups is 2. The van der Waals surface area contributed by atoms with E-state index in [4.69, 9.17) is 14.2 Å². The number of hydrogen-bond donors (Lipinski definition) is 0. The quantitative estimate of drug-likeness (QED) is 0.563. The van der Waals surface area contributed by atoms with Crippen molar-refractivity contribution in [3.63, 3.8) is 0 Å². The van der Waals surface area contributed by atoms with Gasteiger partial charge in [0.15, 0.2) is 12.2 Å². The topological polar surface area (TPSA) is 40.5 Å². The van der Waals surface area contributed by atoms with Crippen molar-refractivity contribution in [1.82, 2.24) is 0 Å². The molecule has 0 aliphatic carbocycles. The Hall–Kier alpha value is -0.160. The highest BCUT2D eigenvalue weighted by Crippen LogP contribution is 2.41. The van der Waals surface area contributed by atoms with Crippen LogP contribution in [0.15, 0.2) is 0 Å². The van der Waals surface area contributed by atoms with Crippen LogP contribution in [0.2, 0.25) is 0 Å². The smallest absolute Gasteiger partial charge is 0.274 e. The lowest BCUT2D eigenvalue weighted by Crippen LogP contribution is -2.44. The first-order valence-corrected chi connectivity index (χ1v) is 5.42. The zero-order valence-corrected chi connectivity index (χ0v) is 8.44. The average molecular weight is 201 g/mol. The standard InChI is InChI=1S/C10H16O4/c1-2-7-5-11-9-8(7)12-6-10(9)13-3-4-14-10/h7-9H,2-6H2,1H3/p+1. The van der Waals surface area contributed by atoms with Crippen molar-refractivity contribution in [1.29, 1.82) is 0 Å². The zero-order chi connectivity index (χ0) is 9.60. The summed E-state index contributed by atoms with van der Waals surface area (Å²) in [5, 5.41) is 0. The molecule has 3 rings (SSSR count). The lowest BCUT2D eigenvalue weighted by Gasteiger charge is -2.21. The van der Waals surface area contributed by atoms with E-state index in [1.165, 1.54) is 0 Å². The molecule has 4 nitrogen and oxygen atoms in total. The van der Waals surface area contributed by atoms with Gasteiger partial charge < -0.3 is 18.9 Å². The van der Waals surface area contributed by atoms with Crippen molar-refractivity contribution in [3.05, 3.63) is 0 Å². The van der Waals surface area contributed by atoms with E-state index in [9.17, 15) is 0 Å². The molecular weight excluding hydrogens is 184 g/mol. The molecule has 3 heterocycles. The van der Waals surface area contributed by atoms with Gasteiger partial charge in [-0.25, -0.2) is 0 Å². The number of fused-ring (bicyclic) bond motifs is 2. The molecule has 0 aromatic heterocycles. The van der Waals surface area contributed by atoms with Gasteiger partial charge >= 0.3 is 0 Å². The molecule has 3 aliphatic rings. The van der Waals surface area contributed by atoms with Crippen LogP contribution in [0.1, 0.15) is 13.3 Å². The molecule has 1 N–H and O–H groups in total. The van der Waals surface area contributed by atoms with Crippen molar-refractivity contribution in [3.8, 4) is 0 Å². The predicted molar refractivity (Wildman–Crippen MR) is 49.0 cm³/mol. The average Bonchev–Trinajstić information content (AvgIpc) is 2.88. The second-order valence-electron chi connectivity index (χ2n) is 4.26. The summed E-state index contributed by atoms with van der Waals surface area (Å²) in [5.74, 6) is 0.0429. The second-order valence-corrected chi connectivity index (χ2v) is 4.26. The summed E-state index contributed by atoms with van der Waals surface area (Å²) in [6.45, 7) is 5.01.